The number of nitrogens with zero attached hydrogens (tertiary/aromatic N) is 2. The van der Waals surface area contributed by atoms with Gasteiger partial charge in [0.2, 0.25) is 0 Å². The van der Waals surface area contributed by atoms with E-state index in [-0.39, 0.29) is 17.4 Å². The standard InChI is InChI=1S/C27H28F3N3O3/c1-13(17-4-3-5-18(22(17)28)25(29)30)31-26-21-12-20(15-6-8-16(9-7-15)27(34)35)24-19(10-11-36-24)23(21)32-14(2)33-26/h3-5,12-13,15-16,25H,6-11H2,1-2H3,(H,34,35)(H,31,32,33)/t13-,15?,16?/m1/s1. The lowest BCUT2D eigenvalue weighted by Gasteiger charge is -2.28. The Bertz CT molecular complexity index is 1320. The second-order valence-electron chi connectivity index (χ2n) is 9.69. The van der Waals surface area contributed by atoms with Gasteiger partial charge in [-0.15, -0.1) is 0 Å². The number of carbonyl (C=O) groups is 1. The molecular weight excluding hydrogens is 471 g/mol. The van der Waals surface area contributed by atoms with Gasteiger partial charge < -0.3 is 15.2 Å². The molecule has 0 unspecified atom stereocenters. The number of aliphatic carboxylic acids is 1. The molecule has 9 heteroatoms. The van der Waals surface area contributed by atoms with Gasteiger partial charge in [-0.25, -0.2) is 23.1 Å². The van der Waals surface area contributed by atoms with Crippen molar-refractivity contribution in [3.8, 4) is 5.75 Å². The Morgan fingerprint density at radius 2 is 1.89 bits per heavy atom. The molecule has 3 aromatic rings. The lowest BCUT2D eigenvalue weighted by Crippen LogP contribution is -2.20. The third-order valence-electron chi connectivity index (χ3n) is 7.41. The Hall–Kier alpha value is -3.36. The van der Waals surface area contributed by atoms with Crippen molar-refractivity contribution in [3.63, 3.8) is 0 Å². The van der Waals surface area contributed by atoms with Crippen LogP contribution >= 0.6 is 0 Å². The first kappa shape index (κ1) is 24.3. The lowest BCUT2D eigenvalue weighted by molar-refractivity contribution is -0.142. The quantitative estimate of drug-likeness (QED) is 0.404. The first-order chi connectivity index (χ1) is 17.2. The normalized spacial score (nSPS) is 20.3. The minimum atomic E-state index is -2.90. The van der Waals surface area contributed by atoms with Crippen molar-refractivity contribution >= 4 is 22.7 Å². The van der Waals surface area contributed by atoms with Crippen LogP contribution in [0, 0.1) is 18.7 Å². The van der Waals surface area contributed by atoms with Crippen molar-refractivity contribution in [2.24, 2.45) is 5.92 Å². The molecule has 1 atom stereocenters. The summed E-state index contributed by atoms with van der Waals surface area (Å²) in [7, 11) is 0. The van der Waals surface area contributed by atoms with E-state index in [4.69, 9.17) is 4.74 Å². The van der Waals surface area contributed by atoms with Gasteiger partial charge in [-0.3, -0.25) is 4.79 Å². The summed E-state index contributed by atoms with van der Waals surface area (Å²) >= 11 is 0. The van der Waals surface area contributed by atoms with E-state index >= 15 is 0 Å². The van der Waals surface area contributed by atoms with E-state index in [1.54, 1.807) is 13.8 Å². The summed E-state index contributed by atoms with van der Waals surface area (Å²) in [4.78, 5) is 20.7. The summed E-state index contributed by atoms with van der Waals surface area (Å²) in [6.45, 7) is 4.03. The minimum absolute atomic E-state index is 0.133. The van der Waals surface area contributed by atoms with Crippen LogP contribution in [-0.2, 0) is 11.2 Å². The minimum Gasteiger partial charge on any atom is -0.493 e. The average Bonchev–Trinajstić information content (AvgIpc) is 3.34. The van der Waals surface area contributed by atoms with Crippen molar-refractivity contribution < 1.29 is 27.8 Å². The van der Waals surface area contributed by atoms with Gasteiger partial charge in [0.05, 0.1) is 29.6 Å². The van der Waals surface area contributed by atoms with E-state index in [2.05, 4.69) is 15.3 Å². The molecule has 190 valence electrons. The van der Waals surface area contributed by atoms with Gasteiger partial charge in [-0.05, 0) is 57.1 Å². The summed E-state index contributed by atoms with van der Waals surface area (Å²) in [5.74, 6) is 0.0230. The molecule has 1 aliphatic heterocycles. The molecule has 2 heterocycles. The Labute approximate surface area is 206 Å². The van der Waals surface area contributed by atoms with Crippen molar-refractivity contribution in [2.75, 3.05) is 11.9 Å². The number of aromatic nitrogens is 2. The molecule has 0 amide bonds. The molecule has 0 saturated heterocycles. The highest BCUT2D eigenvalue weighted by Crippen LogP contribution is 2.46. The zero-order valence-electron chi connectivity index (χ0n) is 20.2. The van der Waals surface area contributed by atoms with Gasteiger partial charge in [0, 0.05) is 22.9 Å². The third kappa shape index (κ3) is 4.35. The number of hydrogen-bond acceptors (Lipinski definition) is 5. The van der Waals surface area contributed by atoms with Crippen LogP contribution in [0.1, 0.15) is 79.1 Å². The first-order valence-electron chi connectivity index (χ1n) is 12.3. The fourth-order valence-electron chi connectivity index (χ4n) is 5.53. The summed E-state index contributed by atoms with van der Waals surface area (Å²) in [6, 6.07) is 5.39. The van der Waals surface area contributed by atoms with Crippen LogP contribution in [0.2, 0.25) is 0 Å². The van der Waals surface area contributed by atoms with Crippen LogP contribution in [0.4, 0.5) is 19.0 Å². The van der Waals surface area contributed by atoms with Gasteiger partial charge >= 0.3 is 5.97 Å². The van der Waals surface area contributed by atoms with Gasteiger partial charge in [-0.2, -0.15) is 0 Å². The number of halogens is 3. The van der Waals surface area contributed by atoms with E-state index in [0.29, 0.717) is 37.5 Å². The molecule has 0 bridgehead atoms. The predicted octanol–water partition coefficient (Wildman–Crippen LogP) is 6.48. The molecule has 1 aliphatic carbocycles. The van der Waals surface area contributed by atoms with Crippen molar-refractivity contribution in [3.05, 3.63) is 58.2 Å². The lowest BCUT2D eigenvalue weighted by atomic mass is 9.77. The third-order valence-corrected chi connectivity index (χ3v) is 7.41. The number of carboxylic acid groups (broad SMARTS) is 1. The zero-order valence-corrected chi connectivity index (χ0v) is 20.2. The zero-order chi connectivity index (χ0) is 25.6. The van der Waals surface area contributed by atoms with Gasteiger partial charge in [-0.1, -0.05) is 18.2 Å². The Balaban J connectivity index is 1.55. The number of nitrogens with one attached hydrogen (secondary N) is 1. The van der Waals surface area contributed by atoms with Gasteiger partial charge in [0.1, 0.15) is 23.2 Å². The number of anilines is 1. The van der Waals surface area contributed by atoms with E-state index in [0.717, 1.165) is 46.7 Å². The SMILES string of the molecule is Cc1nc(N[C@H](C)c2cccc(C(F)F)c2F)c2cc(C3CCC(C(=O)O)CC3)c3c(c2n1)CCO3. The number of benzene rings is 2. The number of aryl methyl sites for hydroxylation is 1. The van der Waals surface area contributed by atoms with Crippen molar-refractivity contribution in [2.45, 2.75) is 64.3 Å². The second kappa shape index (κ2) is 9.59. The number of rotatable bonds is 6. The number of fused-ring (bicyclic) bond motifs is 3. The maximum Gasteiger partial charge on any atom is 0.306 e. The van der Waals surface area contributed by atoms with Crippen LogP contribution < -0.4 is 10.1 Å². The smallest absolute Gasteiger partial charge is 0.306 e. The summed E-state index contributed by atoms with van der Waals surface area (Å²) < 4.78 is 47.4. The first-order valence-corrected chi connectivity index (χ1v) is 12.3. The van der Waals surface area contributed by atoms with Crippen molar-refractivity contribution in [1.29, 1.82) is 0 Å². The van der Waals surface area contributed by atoms with E-state index in [9.17, 15) is 23.1 Å². The number of ether oxygens (including phenoxy) is 1. The summed E-state index contributed by atoms with van der Waals surface area (Å²) in [6.07, 6.45) is 0.505. The topological polar surface area (TPSA) is 84.3 Å². The van der Waals surface area contributed by atoms with Crippen LogP contribution in [-0.4, -0.2) is 27.7 Å². The van der Waals surface area contributed by atoms with Crippen LogP contribution in [0.3, 0.4) is 0 Å². The maximum absolute atomic E-state index is 14.8. The Morgan fingerprint density at radius 3 is 2.58 bits per heavy atom. The van der Waals surface area contributed by atoms with E-state index < -0.39 is 29.8 Å². The fraction of sp³-hybridized carbons (Fsp3) is 0.444. The highest BCUT2D eigenvalue weighted by molar-refractivity contribution is 5.94. The van der Waals surface area contributed by atoms with E-state index in [1.807, 2.05) is 6.07 Å². The van der Waals surface area contributed by atoms with Gasteiger partial charge in [0.25, 0.3) is 6.43 Å². The van der Waals surface area contributed by atoms with Crippen LogP contribution in [0.25, 0.3) is 10.9 Å². The molecule has 36 heavy (non-hydrogen) atoms. The predicted molar refractivity (Wildman–Crippen MR) is 129 cm³/mol. The molecule has 2 aliphatic rings. The number of hydrogen-bond donors (Lipinski definition) is 2. The average molecular weight is 500 g/mol. The molecule has 0 radical (unpaired) electrons. The van der Waals surface area contributed by atoms with E-state index in [1.165, 1.54) is 12.1 Å². The summed E-state index contributed by atoms with van der Waals surface area (Å²) in [5, 5.41) is 13.4. The molecule has 6 nitrogen and oxygen atoms in total. The van der Waals surface area contributed by atoms with Crippen molar-refractivity contribution in [1.82, 2.24) is 9.97 Å². The molecule has 2 N–H and O–H groups in total. The number of carboxylic acids is 1. The highest BCUT2D eigenvalue weighted by atomic mass is 19.3. The molecule has 1 aromatic heterocycles. The largest absolute Gasteiger partial charge is 0.493 e. The Kier molecular flexibility index (Phi) is 6.49. The maximum atomic E-state index is 14.8. The van der Waals surface area contributed by atoms with Gasteiger partial charge in [0.15, 0.2) is 0 Å². The van der Waals surface area contributed by atoms with Crippen LogP contribution in [0.15, 0.2) is 24.3 Å². The Morgan fingerprint density at radius 1 is 1.17 bits per heavy atom. The molecular formula is C27H28F3N3O3. The molecule has 2 aromatic carbocycles. The monoisotopic (exact) mass is 499 g/mol. The number of alkyl halides is 2. The molecule has 1 saturated carbocycles. The molecule has 0 spiro atoms. The second-order valence-corrected chi connectivity index (χ2v) is 9.69. The van der Waals surface area contributed by atoms with Crippen LogP contribution in [0.5, 0.6) is 5.75 Å². The molecule has 5 rings (SSSR count). The summed E-state index contributed by atoms with van der Waals surface area (Å²) in [5.41, 5.74) is 2.28. The highest BCUT2D eigenvalue weighted by Gasteiger charge is 2.32. The fourth-order valence-corrected chi connectivity index (χ4v) is 5.53. The molecule has 1 fully saturated rings.